The zero-order valence-electron chi connectivity index (χ0n) is 8.44. The van der Waals surface area contributed by atoms with E-state index in [1.165, 1.54) is 4.88 Å². The van der Waals surface area contributed by atoms with Crippen molar-refractivity contribution in [3.05, 3.63) is 20.8 Å². The molecule has 0 bridgehead atoms. The van der Waals surface area contributed by atoms with Crippen LogP contribution in [0.4, 0.5) is 0 Å². The van der Waals surface area contributed by atoms with E-state index in [1.807, 2.05) is 6.07 Å². The minimum absolute atomic E-state index is 0.0500. The van der Waals surface area contributed by atoms with Gasteiger partial charge in [-0.25, -0.2) is 0 Å². The maximum absolute atomic E-state index is 9.61. The van der Waals surface area contributed by atoms with E-state index in [-0.39, 0.29) is 18.2 Å². The molecule has 3 nitrogen and oxygen atoms in total. The van der Waals surface area contributed by atoms with Crippen molar-refractivity contribution < 1.29 is 9.84 Å². The molecular weight excluding hydrogens is 278 g/mol. The third-order valence-corrected chi connectivity index (χ3v) is 4.61. The van der Waals surface area contributed by atoms with Crippen LogP contribution >= 0.6 is 27.3 Å². The second-order valence-corrected chi connectivity index (χ2v) is 5.53. The summed E-state index contributed by atoms with van der Waals surface area (Å²) < 4.78 is 6.32. The van der Waals surface area contributed by atoms with E-state index in [1.54, 1.807) is 11.3 Å². The maximum Gasteiger partial charge on any atom is 0.0948 e. The summed E-state index contributed by atoms with van der Waals surface area (Å²) in [6.45, 7) is 3.13. The molecule has 3 atom stereocenters. The molecule has 0 saturated carbocycles. The maximum atomic E-state index is 9.61. The third-order valence-electron chi connectivity index (χ3n) is 2.55. The van der Waals surface area contributed by atoms with Crippen molar-refractivity contribution in [2.75, 3.05) is 13.2 Å². The third kappa shape index (κ3) is 2.60. The highest BCUT2D eigenvalue weighted by Crippen LogP contribution is 2.29. The summed E-state index contributed by atoms with van der Waals surface area (Å²) in [5.41, 5.74) is 0. The lowest BCUT2D eigenvalue weighted by atomic mass is 10.1. The van der Waals surface area contributed by atoms with Gasteiger partial charge >= 0.3 is 0 Å². The van der Waals surface area contributed by atoms with Crippen molar-refractivity contribution in [1.82, 2.24) is 5.32 Å². The van der Waals surface area contributed by atoms with Gasteiger partial charge in [0.15, 0.2) is 0 Å². The number of nitrogens with one attached hydrogen (secondary N) is 1. The molecule has 84 valence electrons. The van der Waals surface area contributed by atoms with Crippen LogP contribution in [0.2, 0.25) is 0 Å². The smallest absolute Gasteiger partial charge is 0.0948 e. The van der Waals surface area contributed by atoms with Crippen LogP contribution in [-0.2, 0) is 4.74 Å². The monoisotopic (exact) mass is 291 g/mol. The molecule has 3 unspecified atom stereocenters. The Balaban J connectivity index is 1.97. The van der Waals surface area contributed by atoms with Gasteiger partial charge in [0.2, 0.25) is 0 Å². The van der Waals surface area contributed by atoms with E-state index >= 15 is 0 Å². The summed E-state index contributed by atoms with van der Waals surface area (Å²) in [5, 5.41) is 15.0. The predicted octanol–water partition coefficient (Wildman–Crippen LogP) is 1.92. The molecule has 5 heteroatoms. The van der Waals surface area contributed by atoms with Gasteiger partial charge in [-0.15, -0.1) is 11.3 Å². The van der Waals surface area contributed by atoms with Crippen LogP contribution in [0.3, 0.4) is 0 Å². The second-order valence-electron chi connectivity index (χ2n) is 3.73. The van der Waals surface area contributed by atoms with Crippen molar-refractivity contribution in [3.63, 3.8) is 0 Å². The molecule has 1 aliphatic heterocycles. The summed E-state index contributed by atoms with van der Waals surface area (Å²) in [5.74, 6) is 0. The van der Waals surface area contributed by atoms with Gasteiger partial charge < -0.3 is 15.2 Å². The Labute approximate surface area is 102 Å². The first-order chi connectivity index (χ1) is 7.18. The molecule has 1 saturated heterocycles. The number of aliphatic hydroxyl groups is 1. The fraction of sp³-hybridized carbons (Fsp3) is 0.600. The first kappa shape index (κ1) is 11.5. The van der Waals surface area contributed by atoms with Crippen LogP contribution in [0.5, 0.6) is 0 Å². The van der Waals surface area contributed by atoms with Crippen molar-refractivity contribution >= 4 is 27.3 Å². The zero-order valence-corrected chi connectivity index (χ0v) is 10.8. The summed E-state index contributed by atoms with van der Waals surface area (Å²) in [4.78, 5) is 1.26. The van der Waals surface area contributed by atoms with Crippen LogP contribution in [0.1, 0.15) is 17.8 Å². The predicted molar refractivity (Wildman–Crippen MR) is 64.2 cm³/mol. The standard InChI is InChI=1S/C10H14BrNO2S/c1-6(10-7(11)2-3-15-10)12-8-4-14-5-9(8)13/h2-3,6,8-9,12-13H,4-5H2,1H3. The van der Waals surface area contributed by atoms with Crippen LogP contribution in [-0.4, -0.2) is 30.5 Å². The van der Waals surface area contributed by atoms with Gasteiger partial charge in [0, 0.05) is 15.4 Å². The number of halogens is 1. The van der Waals surface area contributed by atoms with Gasteiger partial charge in [0.25, 0.3) is 0 Å². The van der Waals surface area contributed by atoms with Gasteiger partial charge in [0.1, 0.15) is 0 Å². The molecule has 0 spiro atoms. The molecule has 0 aromatic carbocycles. The first-order valence-electron chi connectivity index (χ1n) is 4.93. The molecule has 2 rings (SSSR count). The number of ether oxygens (including phenoxy) is 1. The van der Waals surface area contributed by atoms with Gasteiger partial charge in [-0.2, -0.15) is 0 Å². The number of thiophene rings is 1. The summed E-state index contributed by atoms with van der Waals surface area (Å²) in [6.07, 6.45) is -0.383. The minimum atomic E-state index is -0.383. The highest BCUT2D eigenvalue weighted by atomic mass is 79.9. The molecule has 1 fully saturated rings. The molecular formula is C10H14BrNO2S. The minimum Gasteiger partial charge on any atom is -0.389 e. The van der Waals surface area contributed by atoms with Crippen molar-refractivity contribution in [2.45, 2.75) is 25.1 Å². The van der Waals surface area contributed by atoms with Crippen molar-refractivity contribution in [2.24, 2.45) is 0 Å². The average molecular weight is 292 g/mol. The van der Waals surface area contributed by atoms with E-state index in [2.05, 4.69) is 33.6 Å². The Bertz CT molecular complexity index is 331. The van der Waals surface area contributed by atoms with Gasteiger partial charge in [-0.3, -0.25) is 0 Å². The molecule has 1 aromatic rings. The highest BCUT2D eigenvalue weighted by molar-refractivity contribution is 9.10. The summed E-state index contributed by atoms with van der Waals surface area (Å²) in [6, 6.07) is 2.33. The Hall–Kier alpha value is 0.0600. The lowest BCUT2D eigenvalue weighted by Gasteiger charge is -2.20. The number of aliphatic hydroxyl groups excluding tert-OH is 1. The van der Waals surface area contributed by atoms with Crippen molar-refractivity contribution in [1.29, 1.82) is 0 Å². The second kappa shape index (κ2) is 4.93. The normalized spacial score (nSPS) is 28.2. The Morgan fingerprint density at radius 2 is 2.47 bits per heavy atom. The molecule has 2 heterocycles. The summed E-state index contributed by atoms with van der Waals surface area (Å²) in [7, 11) is 0. The SMILES string of the molecule is CC(NC1COCC1O)c1sccc1Br. The molecule has 15 heavy (non-hydrogen) atoms. The van der Waals surface area contributed by atoms with Crippen LogP contribution < -0.4 is 5.32 Å². The largest absolute Gasteiger partial charge is 0.389 e. The fourth-order valence-electron chi connectivity index (χ4n) is 1.71. The van der Waals surface area contributed by atoms with E-state index in [0.717, 1.165) is 4.47 Å². The molecule has 0 amide bonds. The number of hydrogen-bond donors (Lipinski definition) is 2. The number of rotatable bonds is 3. The highest BCUT2D eigenvalue weighted by Gasteiger charge is 2.27. The molecule has 2 N–H and O–H groups in total. The zero-order chi connectivity index (χ0) is 10.8. The Morgan fingerprint density at radius 1 is 1.67 bits per heavy atom. The van der Waals surface area contributed by atoms with E-state index in [4.69, 9.17) is 4.74 Å². The van der Waals surface area contributed by atoms with Crippen LogP contribution in [0.25, 0.3) is 0 Å². The Morgan fingerprint density at radius 3 is 3.00 bits per heavy atom. The lowest BCUT2D eigenvalue weighted by Crippen LogP contribution is -2.40. The first-order valence-corrected chi connectivity index (χ1v) is 6.60. The van der Waals surface area contributed by atoms with Gasteiger partial charge in [-0.1, -0.05) is 0 Å². The average Bonchev–Trinajstić information content (AvgIpc) is 2.76. The lowest BCUT2D eigenvalue weighted by molar-refractivity contribution is 0.121. The van der Waals surface area contributed by atoms with E-state index in [9.17, 15) is 5.11 Å². The molecule has 0 radical (unpaired) electrons. The quantitative estimate of drug-likeness (QED) is 0.894. The van der Waals surface area contributed by atoms with E-state index in [0.29, 0.717) is 13.2 Å². The van der Waals surface area contributed by atoms with E-state index < -0.39 is 0 Å². The fourth-order valence-corrected chi connectivity index (χ4v) is 3.45. The Kier molecular flexibility index (Phi) is 3.79. The summed E-state index contributed by atoms with van der Waals surface area (Å²) >= 11 is 5.22. The number of hydrogen-bond acceptors (Lipinski definition) is 4. The van der Waals surface area contributed by atoms with Crippen LogP contribution in [0.15, 0.2) is 15.9 Å². The van der Waals surface area contributed by atoms with Gasteiger partial charge in [0.05, 0.1) is 25.4 Å². The molecule has 0 aliphatic carbocycles. The van der Waals surface area contributed by atoms with Crippen molar-refractivity contribution in [3.8, 4) is 0 Å². The van der Waals surface area contributed by atoms with Crippen LogP contribution in [0, 0.1) is 0 Å². The van der Waals surface area contributed by atoms with Gasteiger partial charge in [-0.05, 0) is 34.3 Å². The topological polar surface area (TPSA) is 41.5 Å². The molecule has 1 aliphatic rings. The molecule has 1 aromatic heterocycles.